The normalized spacial score (nSPS) is 10.2. The van der Waals surface area contributed by atoms with E-state index in [-0.39, 0.29) is 4.99 Å². The second-order valence-electron chi connectivity index (χ2n) is 3.35. The molecule has 0 aromatic carbocycles. The van der Waals surface area contributed by atoms with Crippen molar-refractivity contribution < 1.29 is 0 Å². The number of hydrogen-bond acceptors (Lipinski definition) is 6. The van der Waals surface area contributed by atoms with Crippen LogP contribution in [0.5, 0.6) is 0 Å². The van der Waals surface area contributed by atoms with Gasteiger partial charge in [0.25, 0.3) is 0 Å². The average Bonchev–Trinajstić information content (AvgIpc) is 2.73. The lowest BCUT2D eigenvalue weighted by molar-refractivity contribution is 1.04. The Balaban J connectivity index is 2.11. The van der Waals surface area contributed by atoms with Crippen LogP contribution >= 0.6 is 23.6 Å². The van der Waals surface area contributed by atoms with Gasteiger partial charge in [0.2, 0.25) is 0 Å². The molecule has 17 heavy (non-hydrogen) atoms. The van der Waals surface area contributed by atoms with Gasteiger partial charge < -0.3 is 11.1 Å². The van der Waals surface area contributed by atoms with Crippen molar-refractivity contribution in [3.63, 3.8) is 0 Å². The fourth-order valence-corrected chi connectivity index (χ4v) is 2.15. The Hall–Kier alpha value is -1.60. The molecule has 2 aromatic heterocycles. The van der Waals surface area contributed by atoms with E-state index < -0.39 is 0 Å². The highest BCUT2D eigenvalue weighted by Gasteiger charge is 2.07. The topological polar surface area (TPSA) is 76.7 Å². The summed E-state index contributed by atoms with van der Waals surface area (Å²) in [6.45, 7) is 2.55. The summed E-state index contributed by atoms with van der Waals surface area (Å²) in [6, 6.07) is 0. The number of aryl methyl sites for hydroxylation is 1. The van der Waals surface area contributed by atoms with Gasteiger partial charge in [0.15, 0.2) is 5.82 Å². The Morgan fingerprint density at radius 2 is 2.24 bits per heavy atom. The van der Waals surface area contributed by atoms with Crippen LogP contribution in [-0.2, 0) is 6.54 Å². The maximum Gasteiger partial charge on any atom is 0.155 e. The molecule has 0 atom stereocenters. The van der Waals surface area contributed by atoms with Gasteiger partial charge in [-0.1, -0.05) is 12.2 Å². The fraction of sp³-hybridized carbons (Fsp3) is 0.200. The molecule has 0 bridgehead atoms. The molecule has 5 nitrogen and oxygen atoms in total. The summed E-state index contributed by atoms with van der Waals surface area (Å²) in [4.78, 5) is 12.8. The highest BCUT2D eigenvalue weighted by molar-refractivity contribution is 7.80. The van der Waals surface area contributed by atoms with Crippen molar-refractivity contribution in [1.29, 1.82) is 0 Å². The molecule has 0 amide bonds. The quantitative estimate of drug-likeness (QED) is 0.816. The van der Waals surface area contributed by atoms with Crippen LogP contribution in [0.1, 0.15) is 16.4 Å². The van der Waals surface area contributed by atoms with E-state index in [0.717, 1.165) is 10.7 Å². The van der Waals surface area contributed by atoms with Crippen LogP contribution in [0.4, 0.5) is 5.82 Å². The summed E-state index contributed by atoms with van der Waals surface area (Å²) in [5, 5.41) is 6.12. The number of thiazole rings is 1. The summed E-state index contributed by atoms with van der Waals surface area (Å²) >= 11 is 6.50. The van der Waals surface area contributed by atoms with Crippen molar-refractivity contribution in [2.75, 3.05) is 5.32 Å². The molecule has 0 aliphatic heterocycles. The second-order valence-corrected chi connectivity index (χ2v) is 4.74. The van der Waals surface area contributed by atoms with Crippen molar-refractivity contribution in [3.05, 3.63) is 34.2 Å². The number of aromatic nitrogens is 3. The van der Waals surface area contributed by atoms with Gasteiger partial charge in [-0.3, -0.25) is 0 Å². The first-order valence-electron chi connectivity index (χ1n) is 4.92. The molecule has 0 aliphatic carbocycles. The maximum atomic E-state index is 5.56. The molecule has 0 aliphatic rings. The Morgan fingerprint density at radius 1 is 1.47 bits per heavy atom. The Morgan fingerprint density at radius 3 is 2.88 bits per heavy atom. The lowest BCUT2D eigenvalue weighted by Gasteiger charge is -2.06. The summed E-state index contributed by atoms with van der Waals surface area (Å²) in [6.07, 6.45) is 3.16. The standard InChI is InChI=1S/C10H11N5S2/c1-6-5-17-7(15-6)4-14-10-8(9(11)16)12-2-3-13-10/h2-3,5H,4H2,1H3,(H2,11,16)(H,13,14). The average molecular weight is 265 g/mol. The van der Waals surface area contributed by atoms with Crippen molar-refractivity contribution in [2.45, 2.75) is 13.5 Å². The minimum atomic E-state index is 0.232. The van der Waals surface area contributed by atoms with Crippen molar-refractivity contribution in [1.82, 2.24) is 15.0 Å². The largest absolute Gasteiger partial charge is 0.388 e. The third-order valence-corrected chi connectivity index (χ3v) is 3.17. The van der Waals surface area contributed by atoms with Gasteiger partial charge in [-0.05, 0) is 6.92 Å². The zero-order valence-electron chi connectivity index (χ0n) is 9.17. The highest BCUT2D eigenvalue weighted by Crippen LogP contribution is 2.13. The maximum absolute atomic E-state index is 5.56. The number of rotatable bonds is 4. The van der Waals surface area contributed by atoms with E-state index in [4.69, 9.17) is 18.0 Å². The van der Waals surface area contributed by atoms with Gasteiger partial charge in [0.1, 0.15) is 15.7 Å². The Bertz CT molecular complexity index is 537. The molecule has 0 saturated carbocycles. The van der Waals surface area contributed by atoms with Gasteiger partial charge in [-0.15, -0.1) is 11.3 Å². The molecule has 7 heteroatoms. The predicted octanol–water partition coefficient (Wildman–Crippen LogP) is 1.49. The number of thiocarbonyl (C=S) groups is 1. The van der Waals surface area contributed by atoms with Crippen LogP contribution in [0.2, 0.25) is 0 Å². The van der Waals surface area contributed by atoms with Crippen molar-refractivity contribution >= 4 is 34.4 Å². The Kier molecular flexibility index (Phi) is 3.60. The molecule has 0 saturated heterocycles. The molecule has 0 unspecified atom stereocenters. The summed E-state index contributed by atoms with van der Waals surface area (Å²) in [5.74, 6) is 0.591. The van der Waals surface area contributed by atoms with Crippen LogP contribution in [0, 0.1) is 6.92 Å². The van der Waals surface area contributed by atoms with Crippen LogP contribution < -0.4 is 11.1 Å². The van der Waals surface area contributed by atoms with Gasteiger partial charge in [0.05, 0.1) is 6.54 Å². The molecular formula is C10H11N5S2. The first-order chi connectivity index (χ1) is 8.16. The van der Waals surface area contributed by atoms with E-state index >= 15 is 0 Å². The number of hydrogen-bond donors (Lipinski definition) is 2. The van der Waals surface area contributed by atoms with Gasteiger partial charge in [-0.2, -0.15) is 0 Å². The van der Waals surface area contributed by atoms with Crippen LogP contribution in [0.25, 0.3) is 0 Å². The molecule has 2 aromatic rings. The summed E-state index contributed by atoms with van der Waals surface area (Å²) < 4.78 is 0. The Labute approximate surface area is 108 Å². The van der Waals surface area contributed by atoms with E-state index in [1.165, 1.54) is 0 Å². The number of nitrogens with one attached hydrogen (secondary N) is 1. The van der Waals surface area contributed by atoms with Crippen molar-refractivity contribution in [3.8, 4) is 0 Å². The molecule has 2 heterocycles. The number of nitrogens with zero attached hydrogens (tertiary/aromatic N) is 3. The minimum Gasteiger partial charge on any atom is -0.388 e. The monoisotopic (exact) mass is 265 g/mol. The zero-order valence-corrected chi connectivity index (χ0v) is 10.8. The molecule has 0 fully saturated rings. The molecule has 0 radical (unpaired) electrons. The van der Waals surface area contributed by atoms with Crippen LogP contribution in [0.15, 0.2) is 17.8 Å². The van der Waals surface area contributed by atoms with E-state index in [1.54, 1.807) is 23.7 Å². The fourth-order valence-electron chi connectivity index (χ4n) is 1.29. The minimum absolute atomic E-state index is 0.232. The third-order valence-electron chi connectivity index (χ3n) is 2.01. The van der Waals surface area contributed by atoms with Crippen LogP contribution in [-0.4, -0.2) is 19.9 Å². The van der Waals surface area contributed by atoms with Gasteiger partial charge >= 0.3 is 0 Å². The SMILES string of the molecule is Cc1csc(CNc2nccnc2C(N)=S)n1. The van der Waals surface area contributed by atoms with Gasteiger partial charge in [-0.25, -0.2) is 15.0 Å². The zero-order chi connectivity index (χ0) is 12.3. The predicted molar refractivity (Wildman–Crippen MR) is 72.1 cm³/mol. The first kappa shape index (κ1) is 11.9. The highest BCUT2D eigenvalue weighted by atomic mass is 32.1. The van der Waals surface area contributed by atoms with E-state index in [2.05, 4.69) is 20.3 Å². The molecular weight excluding hydrogens is 254 g/mol. The lowest BCUT2D eigenvalue weighted by Crippen LogP contribution is -2.16. The number of anilines is 1. The van der Waals surface area contributed by atoms with E-state index in [1.807, 2.05) is 12.3 Å². The van der Waals surface area contributed by atoms with Gasteiger partial charge in [0, 0.05) is 23.5 Å². The van der Waals surface area contributed by atoms with Crippen molar-refractivity contribution in [2.24, 2.45) is 5.73 Å². The molecule has 88 valence electrons. The molecule has 0 spiro atoms. The lowest BCUT2D eigenvalue weighted by atomic mass is 10.4. The smallest absolute Gasteiger partial charge is 0.155 e. The van der Waals surface area contributed by atoms with E-state index in [9.17, 15) is 0 Å². The summed E-state index contributed by atoms with van der Waals surface area (Å²) in [5.41, 5.74) is 7.09. The number of nitrogens with two attached hydrogens (primary N) is 1. The molecule has 3 N–H and O–H groups in total. The third kappa shape index (κ3) is 2.95. The van der Waals surface area contributed by atoms with E-state index in [0.29, 0.717) is 18.1 Å². The first-order valence-corrected chi connectivity index (χ1v) is 6.21. The summed E-state index contributed by atoms with van der Waals surface area (Å²) in [7, 11) is 0. The van der Waals surface area contributed by atoms with Crippen LogP contribution in [0.3, 0.4) is 0 Å². The molecule has 2 rings (SSSR count). The second kappa shape index (κ2) is 5.15.